The minimum absolute atomic E-state index is 0.0376. The fourth-order valence-corrected chi connectivity index (χ4v) is 4.20. The van der Waals surface area contributed by atoms with Crippen LogP contribution in [0, 0.1) is 0 Å². The van der Waals surface area contributed by atoms with Crippen LogP contribution in [0.3, 0.4) is 0 Å². The zero-order valence-corrected chi connectivity index (χ0v) is 15.3. The lowest BCUT2D eigenvalue weighted by Crippen LogP contribution is -2.36. The van der Waals surface area contributed by atoms with Crippen molar-refractivity contribution < 1.29 is 15.0 Å². The topological polar surface area (TPSA) is 102 Å². The molecule has 1 aliphatic heterocycles. The molecule has 3 aliphatic rings. The van der Waals surface area contributed by atoms with Crippen LogP contribution in [-0.4, -0.2) is 27.2 Å². The van der Waals surface area contributed by atoms with Gasteiger partial charge in [-0.05, 0) is 78.7 Å². The largest absolute Gasteiger partial charge is 0.479 e. The van der Waals surface area contributed by atoms with Gasteiger partial charge in [-0.1, -0.05) is 6.08 Å². The van der Waals surface area contributed by atoms with Crippen molar-refractivity contribution in [2.45, 2.75) is 45.3 Å². The molecule has 2 heterocycles. The molecule has 6 heteroatoms. The Morgan fingerprint density at radius 1 is 1.26 bits per heavy atom. The molecule has 6 nitrogen and oxygen atoms in total. The summed E-state index contributed by atoms with van der Waals surface area (Å²) < 4.78 is 0. The number of hydrogen-bond donors (Lipinski definition) is 4. The van der Waals surface area contributed by atoms with E-state index < -0.39 is 17.6 Å². The molecular weight excluding hydrogens is 344 g/mol. The van der Waals surface area contributed by atoms with Gasteiger partial charge < -0.3 is 20.5 Å². The average molecular weight is 366 g/mol. The molecule has 4 N–H and O–H groups in total. The Morgan fingerprint density at radius 3 is 2.78 bits per heavy atom. The summed E-state index contributed by atoms with van der Waals surface area (Å²) in [6.45, 7) is 4.28. The van der Waals surface area contributed by atoms with Crippen molar-refractivity contribution in [3.05, 3.63) is 73.8 Å². The fourth-order valence-electron chi connectivity index (χ4n) is 4.20. The summed E-state index contributed by atoms with van der Waals surface area (Å²) in [5, 5.41) is 22.3. The molecule has 2 aliphatic carbocycles. The Hall–Kier alpha value is -2.86. The van der Waals surface area contributed by atoms with Crippen LogP contribution in [0.4, 0.5) is 0 Å². The summed E-state index contributed by atoms with van der Waals surface area (Å²) in [4.78, 5) is 25.9. The van der Waals surface area contributed by atoms with Crippen molar-refractivity contribution in [1.82, 2.24) is 10.3 Å². The summed E-state index contributed by atoms with van der Waals surface area (Å²) in [5.74, 6) is -1.38. The van der Waals surface area contributed by atoms with Gasteiger partial charge >= 0.3 is 5.97 Å². The highest BCUT2D eigenvalue weighted by atomic mass is 16.4. The molecule has 0 saturated carbocycles. The first-order valence-corrected chi connectivity index (χ1v) is 9.11. The van der Waals surface area contributed by atoms with Crippen LogP contribution in [0.15, 0.2) is 56.9 Å². The minimum atomic E-state index is -1.73. The van der Waals surface area contributed by atoms with Gasteiger partial charge in [-0.25, -0.2) is 4.79 Å². The molecule has 1 aromatic heterocycles. The second kappa shape index (κ2) is 6.39. The van der Waals surface area contributed by atoms with E-state index in [0.717, 1.165) is 31.0 Å². The quantitative estimate of drug-likeness (QED) is 0.658. The number of aromatic nitrogens is 1. The van der Waals surface area contributed by atoms with E-state index in [0.29, 0.717) is 5.69 Å². The lowest BCUT2D eigenvalue weighted by Gasteiger charge is -2.37. The SMILES string of the molecule is CC1=CC2NC(c3cc(C(O)C(=O)O)cc(=O)[nH]3)=CC3=C2C(=C1C)CCC3. The third kappa shape index (κ3) is 2.96. The van der Waals surface area contributed by atoms with Gasteiger partial charge in [-0.2, -0.15) is 0 Å². The lowest BCUT2D eigenvalue weighted by atomic mass is 9.74. The van der Waals surface area contributed by atoms with E-state index in [1.54, 1.807) is 0 Å². The Morgan fingerprint density at radius 2 is 2.04 bits per heavy atom. The molecule has 0 aromatic carbocycles. The van der Waals surface area contributed by atoms with Gasteiger partial charge in [0.2, 0.25) is 5.56 Å². The molecule has 0 bridgehead atoms. The van der Waals surface area contributed by atoms with Crippen molar-refractivity contribution in [1.29, 1.82) is 0 Å². The fraction of sp³-hybridized carbons (Fsp3) is 0.333. The molecule has 2 unspecified atom stereocenters. The Bertz CT molecular complexity index is 1020. The van der Waals surface area contributed by atoms with Crippen LogP contribution in [0.25, 0.3) is 5.70 Å². The molecule has 0 amide bonds. The highest BCUT2D eigenvalue weighted by Gasteiger charge is 2.31. The minimum Gasteiger partial charge on any atom is -0.479 e. The number of aliphatic hydroxyl groups is 1. The van der Waals surface area contributed by atoms with E-state index in [9.17, 15) is 14.7 Å². The maximum atomic E-state index is 12.0. The van der Waals surface area contributed by atoms with Crippen molar-refractivity contribution in [3.63, 3.8) is 0 Å². The van der Waals surface area contributed by atoms with E-state index >= 15 is 0 Å². The van der Waals surface area contributed by atoms with Gasteiger partial charge in [0.1, 0.15) is 0 Å². The van der Waals surface area contributed by atoms with Crippen LogP contribution < -0.4 is 10.9 Å². The first-order valence-electron chi connectivity index (χ1n) is 9.11. The van der Waals surface area contributed by atoms with E-state index in [4.69, 9.17) is 5.11 Å². The standard InChI is InChI=1S/C21H22N2O4/c1-10-6-17-19-12(4-3-5-14(19)11(10)2)7-15(22-17)16-8-13(9-18(24)23-16)20(25)21(26)27/h6-9,17,20,22,25H,3-5H2,1-2H3,(H,23,24)(H,26,27). The van der Waals surface area contributed by atoms with E-state index in [-0.39, 0.29) is 11.6 Å². The Labute approximate surface area is 156 Å². The first kappa shape index (κ1) is 17.5. The van der Waals surface area contributed by atoms with Gasteiger partial charge in [0.05, 0.1) is 17.4 Å². The number of aliphatic carboxylic acids is 1. The molecule has 140 valence electrons. The number of H-pyrrole nitrogens is 1. The molecule has 2 atom stereocenters. The van der Waals surface area contributed by atoms with E-state index in [2.05, 4.69) is 30.2 Å². The van der Waals surface area contributed by atoms with Crippen molar-refractivity contribution in [2.24, 2.45) is 0 Å². The second-order valence-electron chi connectivity index (χ2n) is 7.36. The second-order valence-corrected chi connectivity index (χ2v) is 7.36. The van der Waals surface area contributed by atoms with Gasteiger partial charge in [-0.15, -0.1) is 0 Å². The lowest BCUT2D eigenvalue weighted by molar-refractivity contribution is -0.146. The van der Waals surface area contributed by atoms with E-state index in [1.807, 2.05) is 6.08 Å². The number of nitrogens with one attached hydrogen (secondary N) is 2. The maximum absolute atomic E-state index is 12.0. The number of dihydropyridines is 1. The number of aliphatic hydroxyl groups excluding tert-OH is 1. The van der Waals surface area contributed by atoms with Crippen LogP contribution in [-0.2, 0) is 4.79 Å². The monoisotopic (exact) mass is 366 g/mol. The smallest absolute Gasteiger partial charge is 0.337 e. The van der Waals surface area contributed by atoms with E-state index in [1.165, 1.54) is 33.9 Å². The van der Waals surface area contributed by atoms with Gasteiger partial charge in [-0.3, -0.25) is 4.79 Å². The molecule has 1 aromatic rings. The van der Waals surface area contributed by atoms with Crippen molar-refractivity contribution >= 4 is 11.7 Å². The number of allylic oxidation sites excluding steroid dienone is 4. The molecule has 0 fully saturated rings. The van der Waals surface area contributed by atoms with Crippen LogP contribution in [0.1, 0.15) is 50.5 Å². The highest BCUT2D eigenvalue weighted by molar-refractivity contribution is 5.76. The number of carboxylic acid groups (broad SMARTS) is 1. The maximum Gasteiger partial charge on any atom is 0.337 e. The Balaban J connectivity index is 1.82. The molecule has 27 heavy (non-hydrogen) atoms. The highest BCUT2D eigenvalue weighted by Crippen LogP contribution is 2.42. The predicted molar refractivity (Wildman–Crippen MR) is 102 cm³/mol. The summed E-state index contributed by atoms with van der Waals surface area (Å²) in [5.41, 5.74) is 7.43. The molecular formula is C21H22N2O4. The normalized spacial score (nSPS) is 22.6. The third-order valence-corrected chi connectivity index (χ3v) is 5.65. The van der Waals surface area contributed by atoms with Crippen molar-refractivity contribution in [3.8, 4) is 0 Å². The zero-order valence-electron chi connectivity index (χ0n) is 15.3. The van der Waals surface area contributed by atoms with Gasteiger partial charge in [0, 0.05) is 6.07 Å². The third-order valence-electron chi connectivity index (χ3n) is 5.65. The number of hydrogen-bond acceptors (Lipinski definition) is 4. The summed E-state index contributed by atoms with van der Waals surface area (Å²) in [6.07, 6.45) is 5.64. The summed E-state index contributed by atoms with van der Waals surface area (Å²) >= 11 is 0. The zero-order chi connectivity index (χ0) is 19.3. The Kier molecular flexibility index (Phi) is 4.15. The molecule has 0 saturated heterocycles. The number of aromatic amines is 1. The van der Waals surface area contributed by atoms with Gasteiger partial charge in [0.25, 0.3) is 0 Å². The number of pyridine rings is 1. The first-order chi connectivity index (χ1) is 12.8. The molecule has 0 spiro atoms. The average Bonchev–Trinajstić information content (AvgIpc) is 2.64. The summed E-state index contributed by atoms with van der Waals surface area (Å²) in [7, 11) is 0. The van der Waals surface area contributed by atoms with Crippen LogP contribution in [0.5, 0.6) is 0 Å². The number of rotatable bonds is 3. The number of carbonyl (C=O) groups is 1. The number of carboxylic acids is 1. The predicted octanol–water partition coefficient (Wildman–Crippen LogP) is 2.56. The van der Waals surface area contributed by atoms with Crippen LogP contribution >= 0.6 is 0 Å². The molecule has 0 radical (unpaired) electrons. The van der Waals surface area contributed by atoms with Crippen molar-refractivity contribution in [2.75, 3.05) is 0 Å². The summed E-state index contributed by atoms with van der Waals surface area (Å²) in [6, 6.07) is 2.68. The van der Waals surface area contributed by atoms with Crippen LogP contribution in [0.2, 0.25) is 0 Å². The van der Waals surface area contributed by atoms with Gasteiger partial charge in [0.15, 0.2) is 6.10 Å². The molecule has 4 rings (SSSR count).